The van der Waals surface area contributed by atoms with E-state index in [1.807, 2.05) is 0 Å². The molecule has 0 saturated heterocycles. The standard InChI is InChI=1S/C11H13ClO3S/c12-7-10(13)8-3-4-11-9(6-8)2-1-5-16(11,14)15/h3-4,6,10,13H,1-2,5,7H2. The minimum atomic E-state index is -3.11. The lowest BCUT2D eigenvalue weighted by Crippen LogP contribution is -2.16. The highest BCUT2D eigenvalue weighted by Crippen LogP contribution is 2.28. The molecular weight excluding hydrogens is 248 g/mol. The summed E-state index contributed by atoms with van der Waals surface area (Å²) in [7, 11) is -3.11. The van der Waals surface area contributed by atoms with Crippen molar-refractivity contribution in [1.29, 1.82) is 0 Å². The number of hydrogen-bond acceptors (Lipinski definition) is 3. The maximum Gasteiger partial charge on any atom is 0.178 e. The summed E-state index contributed by atoms with van der Waals surface area (Å²) >= 11 is 5.56. The summed E-state index contributed by atoms with van der Waals surface area (Å²) in [4.78, 5) is 0.407. The lowest BCUT2D eigenvalue weighted by molar-refractivity contribution is 0.202. The van der Waals surface area contributed by atoms with E-state index in [1.54, 1.807) is 18.2 Å². The first-order valence-corrected chi connectivity index (χ1v) is 7.33. The van der Waals surface area contributed by atoms with Crippen LogP contribution in [0.4, 0.5) is 0 Å². The van der Waals surface area contributed by atoms with Gasteiger partial charge < -0.3 is 5.11 Å². The monoisotopic (exact) mass is 260 g/mol. The summed E-state index contributed by atoms with van der Waals surface area (Å²) in [6, 6.07) is 4.96. The number of alkyl halides is 1. The summed E-state index contributed by atoms with van der Waals surface area (Å²) in [5.41, 5.74) is 1.48. The smallest absolute Gasteiger partial charge is 0.178 e. The van der Waals surface area contributed by atoms with Crippen LogP contribution in [0.5, 0.6) is 0 Å². The van der Waals surface area contributed by atoms with Gasteiger partial charge in [-0.25, -0.2) is 8.42 Å². The van der Waals surface area contributed by atoms with Gasteiger partial charge in [-0.1, -0.05) is 12.1 Å². The first-order chi connectivity index (χ1) is 7.54. The van der Waals surface area contributed by atoms with Gasteiger partial charge in [0.25, 0.3) is 0 Å². The second-order valence-corrected chi connectivity index (χ2v) is 6.35. The van der Waals surface area contributed by atoms with Crippen LogP contribution in [0.25, 0.3) is 0 Å². The van der Waals surface area contributed by atoms with Crippen LogP contribution < -0.4 is 0 Å². The van der Waals surface area contributed by atoms with Gasteiger partial charge >= 0.3 is 0 Å². The lowest BCUT2D eigenvalue weighted by Gasteiger charge is -2.18. The Labute approximate surface area is 100.0 Å². The molecule has 16 heavy (non-hydrogen) atoms. The predicted molar refractivity (Wildman–Crippen MR) is 62.5 cm³/mol. The van der Waals surface area contributed by atoms with Crippen LogP contribution in [0.3, 0.4) is 0 Å². The molecule has 0 spiro atoms. The van der Waals surface area contributed by atoms with Crippen molar-refractivity contribution in [3.63, 3.8) is 0 Å². The van der Waals surface area contributed by atoms with E-state index < -0.39 is 15.9 Å². The second kappa shape index (κ2) is 4.35. The van der Waals surface area contributed by atoms with Crippen LogP contribution in [0.15, 0.2) is 23.1 Å². The topological polar surface area (TPSA) is 54.4 Å². The average molecular weight is 261 g/mol. The summed E-state index contributed by atoms with van der Waals surface area (Å²) in [5.74, 6) is 0.336. The van der Waals surface area contributed by atoms with Gasteiger partial charge in [0.05, 0.1) is 22.6 Å². The van der Waals surface area contributed by atoms with E-state index in [1.165, 1.54) is 0 Å². The summed E-state index contributed by atoms with van der Waals surface area (Å²) < 4.78 is 23.5. The first-order valence-electron chi connectivity index (χ1n) is 5.14. The Morgan fingerprint density at radius 1 is 1.44 bits per heavy atom. The Bertz CT molecular complexity index is 496. The third-order valence-corrected chi connectivity index (χ3v) is 5.00. The van der Waals surface area contributed by atoms with Crippen LogP contribution in [0.1, 0.15) is 23.7 Å². The molecule has 0 aromatic heterocycles. The van der Waals surface area contributed by atoms with Crippen LogP contribution >= 0.6 is 11.6 Å². The first kappa shape index (κ1) is 11.9. The molecule has 1 unspecified atom stereocenters. The summed E-state index contributed by atoms with van der Waals surface area (Å²) in [6.07, 6.45) is 0.671. The van der Waals surface area contributed by atoms with E-state index in [0.29, 0.717) is 16.9 Å². The Morgan fingerprint density at radius 2 is 2.19 bits per heavy atom. The number of rotatable bonds is 2. The molecule has 0 aliphatic carbocycles. The van der Waals surface area contributed by atoms with Crippen molar-refractivity contribution in [2.45, 2.75) is 23.8 Å². The van der Waals surface area contributed by atoms with Crippen molar-refractivity contribution < 1.29 is 13.5 Å². The number of aliphatic hydroxyl groups is 1. The number of halogens is 1. The molecule has 5 heteroatoms. The zero-order valence-corrected chi connectivity index (χ0v) is 10.3. The van der Waals surface area contributed by atoms with Crippen molar-refractivity contribution in [2.24, 2.45) is 0 Å². The average Bonchev–Trinajstić information content (AvgIpc) is 2.27. The maximum atomic E-state index is 11.7. The van der Waals surface area contributed by atoms with E-state index in [0.717, 1.165) is 12.0 Å². The maximum absolute atomic E-state index is 11.7. The van der Waals surface area contributed by atoms with Gasteiger partial charge in [0, 0.05) is 0 Å². The number of benzene rings is 1. The molecule has 0 bridgehead atoms. The normalized spacial score (nSPS) is 20.1. The zero-order chi connectivity index (χ0) is 11.8. The van der Waals surface area contributed by atoms with Crippen LogP contribution in [-0.4, -0.2) is 25.2 Å². The minimum absolute atomic E-state index is 0.117. The zero-order valence-electron chi connectivity index (χ0n) is 8.69. The lowest BCUT2D eigenvalue weighted by atomic mass is 10.0. The fourth-order valence-corrected chi connectivity index (χ4v) is 3.72. The van der Waals surface area contributed by atoms with Crippen LogP contribution in [-0.2, 0) is 16.3 Å². The second-order valence-electron chi connectivity index (χ2n) is 3.96. The molecule has 1 heterocycles. The van der Waals surface area contributed by atoms with Gasteiger partial charge in [0.15, 0.2) is 9.84 Å². The molecule has 2 rings (SSSR count). The molecule has 1 aliphatic heterocycles. The molecule has 1 aromatic rings. The number of aliphatic hydroxyl groups excluding tert-OH is 1. The molecule has 0 saturated carbocycles. The van der Waals surface area contributed by atoms with Gasteiger partial charge in [-0.2, -0.15) is 0 Å². The number of fused-ring (bicyclic) bond motifs is 1. The van der Waals surface area contributed by atoms with Crippen LogP contribution in [0.2, 0.25) is 0 Å². The molecule has 0 radical (unpaired) electrons. The van der Waals surface area contributed by atoms with E-state index in [2.05, 4.69) is 0 Å². The third-order valence-electron chi connectivity index (χ3n) is 2.81. The largest absolute Gasteiger partial charge is 0.387 e. The Balaban J connectivity index is 2.48. The Hall–Kier alpha value is -0.580. The molecule has 0 fully saturated rings. The van der Waals surface area contributed by atoms with Crippen molar-refractivity contribution in [2.75, 3.05) is 11.6 Å². The SMILES string of the molecule is O=S1(=O)CCCc2cc(C(O)CCl)ccc21. The highest BCUT2D eigenvalue weighted by atomic mass is 35.5. The number of hydrogen-bond donors (Lipinski definition) is 1. The Kier molecular flexibility index (Phi) is 3.24. The van der Waals surface area contributed by atoms with E-state index in [4.69, 9.17) is 11.6 Å². The molecule has 88 valence electrons. The summed E-state index contributed by atoms with van der Waals surface area (Å²) in [5, 5.41) is 9.58. The third kappa shape index (κ3) is 2.10. The van der Waals surface area contributed by atoms with Gasteiger partial charge in [-0.15, -0.1) is 11.6 Å². The predicted octanol–water partition coefficient (Wildman–Crippen LogP) is 1.68. The molecule has 3 nitrogen and oxygen atoms in total. The minimum Gasteiger partial charge on any atom is -0.387 e. The molecule has 1 aromatic carbocycles. The number of sulfone groups is 1. The van der Waals surface area contributed by atoms with Crippen molar-refractivity contribution in [3.8, 4) is 0 Å². The fourth-order valence-electron chi connectivity index (χ4n) is 1.96. The van der Waals surface area contributed by atoms with Crippen molar-refractivity contribution >= 4 is 21.4 Å². The molecule has 1 aliphatic rings. The molecular formula is C11H13ClO3S. The summed E-state index contributed by atoms with van der Waals surface area (Å²) in [6.45, 7) is 0. The van der Waals surface area contributed by atoms with Gasteiger partial charge in [-0.05, 0) is 30.0 Å². The van der Waals surface area contributed by atoms with Crippen molar-refractivity contribution in [1.82, 2.24) is 0 Å². The van der Waals surface area contributed by atoms with Crippen molar-refractivity contribution in [3.05, 3.63) is 29.3 Å². The van der Waals surface area contributed by atoms with Gasteiger partial charge in [-0.3, -0.25) is 0 Å². The molecule has 1 atom stereocenters. The number of aryl methyl sites for hydroxylation is 1. The highest BCUT2D eigenvalue weighted by molar-refractivity contribution is 7.91. The van der Waals surface area contributed by atoms with Gasteiger partial charge in [0.1, 0.15) is 0 Å². The quantitative estimate of drug-likeness (QED) is 0.823. The molecule has 1 N–H and O–H groups in total. The van der Waals surface area contributed by atoms with E-state index in [-0.39, 0.29) is 11.6 Å². The molecule has 0 amide bonds. The van der Waals surface area contributed by atoms with Crippen LogP contribution in [0, 0.1) is 0 Å². The van der Waals surface area contributed by atoms with E-state index in [9.17, 15) is 13.5 Å². The van der Waals surface area contributed by atoms with E-state index >= 15 is 0 Å². The highest BCUT2D eigenvalue weighted by Gasteiger charge is 2.24. The van der Waals surface area contributed by atoms with Gasteiger partial charge in [0.2, 0.25) is 0 Å². The Morgan fingerprint density at radius 3 is 2.88 bits per heavy atom. The fraction of sp³-hybridized carbons (Fsp3) is 0.455.